The molecule has 0 aliphatic rings. The molecule has 1 atom stereocenters. The third kappa shape index (κ3) is 7.96. The smallest absolute Gasteiger partial charge is 0.419 e. The van der Waals surface area contributed by atoms with Crippen LogP contribution < -0.4 is 10.1 Å². The van der Waals surface area contributed by atoms with Crippen LogP contribution in [0.3, 0.4) is 0 Å². The zero-order valence-corrected chi connectivity index (χ0v) is 22.9. The van der Waals surface area contributed by atoms with Crippen molar-refractivity contribution in [2.45, 2.75) is 65.2 Å². The molecule has 1 aromatic carbocycles. The van der Waals surface area contributed by atoms with Crippen molar-refractivity contribution in [3.05, 3.63) is 60.0 Å². The number of benzene rings is 1. The maximum atomic E-state index is 12.9. The van der Waals surface area contributed by atoms with Gasteiger partial charge < -0.3 is 24.3 Å². The topological polar surface area (TPSA) is 118 Å². The SMILES string of the molecule is COC(=O)c1cncc(OCC(Cc2cn(C(=O)OC(C)(C)C)c3ccccc23)NC(=O)OC(C)(C)C)c1. The summed E-state index contributed by atoms with van der Waals surface area (Å²) in [5.41, 5.74) is 0.369. The van der Waals surface area contributed by atoms with Gasteiger partial charge in [-0.3, -0.25) is 9.55 Å². The Hall–Kier alpha value is -4.08. The highest BCUT2D eigenvalue weighted by Crippen LogP contribution is 2.24. The van der Waals surface area contributed by atoms with Gasteiger partial charge in [0, 0.05) is 17.8 Å². The number of fused-ring (bicyclic) bond motifs is 1. The molecule has 3 rings (SSSR count). The first-order valence-electron chi connectivity index (χ1n) is 12.2. The molecule has 0 radical (unpaired) electrons. The normalized spacial score (nSPS) is 12.5. The lowest BCUT2D eigenvalue weighted by Gasteiger charge is -2.24. The average Bonchev–Trinajstić information content (AvgIpc) is 3.18. The predicted octanol–water partition coefficient (Wildman–Crippen LogP) is 5.12. The maximum absolute atomic E-state index is 12.9. The molecule has 10 heteroatoms. The van der Waals surface area contributed by atoms with Gasteiger partial charge in [-0.2, -0.15) is 0 Å². The first kappa shape index (κ1) is 28.5. The van der Waals surface area contributed by atoms with Crippen LogP contribution in [0.5, 0.6) is 5.75 Å². The summed E-state index contributed by atoms with van der Waals surface area (Å²) in [5.74, 6) is -0.207. The number of amides is 1. The lowest BCUT2D eigenvalue weighted by molar-refractivity contribution is 0.0484. The number of pyridine rings is 1. The van der Waals surface area contributed by atoms with Crippen LogP contribution in [-0.4, -0.2) is 58.7 Å². The fourth-order valence-electron chi connectivity index (χ4n) is 3.69. The van der Waals surface area contributed by atoms with Gasteiger partial charge in [0.25, 0.3) is 0 Å². The Labute approximate surface area is 222 Å². The summed E-state index contributed by atoms with van der Waals surface area (Å²) in [7, 11) is 1.28. The van der Waals surface area contributed by atoms with Gasteiger partial charge in [0.2, 0.25) is 0 Å². The van der Waals surface area contributed by atoms with Crippen LogP contribution >= 0.6 is 0 Å². The number of alkyl carbamates (subject to hydrolysis) is 1. The highest BCUT2D eigenvalue weighted by molar-refractivity contribution is 5.92. The van der Waals surface area contributed by atoms with Crippen molar-refractivity contribution in [1.82, 2.24) is 14.9 Å². The largest absolute Gasteiger partial charge is 0.490 e. The highest BCUT2D eigenvalue weighted by Gasteiger charge is 2.24. The van der Waals surface area contributed by atoms with E-state index in [-0.39, 0.29) is 12.2 Å². The summed E-state index contributed by atoms with van der Waals surface area (Å²) in [6.07, 6.45) is 3.76. The number of hydrogen-bond donors (Lipinski definition) is 1. The molecule has 1 N–H and O–H groups in total. The Morgan fingerprint density at radius 1 is 1.00 bits per heavy atom. The molecule has 0 spiro atoms. The Balaban J connectivity index is 1.89. The molecule has 2 aromatic heterocycles. The summed E-state index contributed by atoms with van der Waals surface area (Å²) in [5, 5.41) is 3.70. The molecule has 1 unspecified atom stereocenters. The summed E-state index contributed by atoms with van der Waals surface area (Å²) >= 11 is 0. The molecule has 0 aliphatic heterocycles. The Morgan fingerprint density at radius 3 is 2.34 bits per heavy atom. The lowest BCUT2D eigenvalue weighted by Crippen LogP contribution is -2.43. The minimum absolute atomic E-state index is 0.0392. The van der Waals surface area contributed by atoms with E-state index in [4.69, 9.17) is 18.9 Å². The second kappa shape index (κ2) is 11.5. The van der Waals surface area contributed by atoms with Gasteiger partial charge in [0.15, 0.2) is 0 Å². The molecule has 3 aromatic rings. The number of para-hydroxylation sites is 1. The molecular formula is C28H35N3O7. The van der Waals surface area contributed by atoms with Crippen LogP contribution in [0, 0.1) is 0 Å². The van der Waals surface area contributed by atoms with E-state index in [0.29, 0.717) is 17.7 Å². The number of methoxy groups -OCH3 is 1. The second-order valence-corrected chi connectivity index (χ2v) is 10.8. The quantitative estimate of drug-likeness (QED) is 0.334. The summed E-state index contributed by atoms with van der Waals surface area (Å²) in [6, 6.07) is 8.41. The third-order valence-corrected chi connectivity index (χ3v) is 5.16. The number of nitrogens with one attached hydrogen (secondary N) is 1. The number of hydrogen-bond acceptors (Lipinski definition) is 8. The van der Waals surface area contributed by atoms with E-state index in [1.54, 1.807) is 47.7 Å². The number of carbonyl (C=O) groups excluding carboxylic acids is 3. The van der Waals surface area contributed by atoms with Gasteiger partial charge in [-0.1, -0.05) is 18.2 Å². The van der Waals surface area contributed by atoms with Gasteiger partial charge in [-0.05, 0) is 65.7 Å². The Kier molecular flexibility index (Phi) is 8.65. The molecular weight excluding hydrogens is 490 g/mol. The molecule has 1 amide bonds. The Morgan fingerprint density at radius 2 is 1.68 bits per heavy atom. The van der Waals surface area contributed by atoms with E-state index >= 15 is 0 Å². The number of nitrogens with zero attached hydrogens (tertiary/aromatic N) is 2. The first-order chi connectivity index (χ1) is 17.8. The minimum Gasteiger partial charge on any atom is -0.490 e. The van der Waals surface area contributed by atoms with Crippen molar-refractivity contribution in [2.75, 3.05) is 13.7 Å². The van der Waals surface area contributed by atoms with Crippen molar-refractivity contribution in [2.24, 2.45) is 0 Å². The maximum Gasteiger partial charge on any atom is 0.419 e. The van der Waals surface area contributed by atoms with Crippen molar-refractivity contribution in [1.29, 1.82) is 0 Å². The highest BCUT2D eigenvalue weighted by atomic mass is 16.6. The number of ether oxygens (including phenoxy) is 4. The number of carbonyl (C=O) groups is 3. The lowest BCUT2D eigenvalue weighted by atomic mass is 10.1. The first-order valence-corrected chi connectivity index (χ1v) is 12.2. The third-order valence-electron chi connectivity index (χ3n) is 5.16. The van der Waals surface area contributed by atoms with Gasteiger partial charge in [0.05, 0.1) is 30.4 Å². The molecule has 0 saturated heterocycles. The molecule has 2 heterocycles. The van der Waals surface area contributed by atoms with E-state index in [1.807, 2.05) is 24.3 Å². The molecule has 10 nitrogen and oxygen atoms in total. The fourth-order valence-corrected chi connectivity index (χ4v) is 3.69. The van der Waals surface area contributed by atoms with E-state index < -0.39 is 35.4 Å². The summed E-state index contributed by atoms with van der Waals surface area (Å²) < 4.78 is 23.1. The van der Waals surface area contributed by atoms with Crippen LogP contribution in [0.1, 0.15) is 57.5 Å². The van der Waals surface area contributed by atoms with E-state index in [2.05, 4.69) is 10.3 Å². The Bertz CT molecular complexity index is 1300. The zero-order chi connectivity index (χ0) is 28.1. The molecule has 0 bridgehead atoms. The van der Waals surface area contributed by atoms with Crippen LogP contribution in [0.4, 0.5) is 9.59 Å². The van der Waals surface area contributed by atoms with E-state index in [0.717, 1.165) is 10.9 Å². The van der Waals surface area contributed by atoms with Crippen molar-refractivity contribution in [3.8, 4) is 5.75 Å². The van der Waals surface area contributed by atoms with Gasteiger partial charge in [-0.15, -0.1) is 0 Å². The van der Waals surface area contributed by atoms with Crippen molar-refractivity contribution >= 4 is 29.1 Å². The van der Waals surface area contributed by atoms with Crippen molar-refractivity contribution in [3.63, 3.8) is 0 Å². The summed E-state index contributed by atoms with van der Waals surface area (Å²) in [6.45, 7) is 10.8. The molecule has 0 fully saturated rings. The zero-order valence-electron chi connectivity index (χ0n) is 22.9. The molecule has 0 saturated carbocycles. The van der Waals surface area contributed by atoms with Crippen LogP contribution in [0.15, 0.2) is 48.9 Å². The predicted molar refractivity (Wildman–Crippen MR) is 142 cm³/mol. The van der Waals surface area contributed by atoms with Crippen LogP contribution in [0.25, 0.3) is 10.9 Å². The summed E-state index contributed by atoms with van der Waals surface area (Å²) in [4.78, 5) is 41.4. The van der Waals surface area contributed by atoms with Crippen LogP contribution in [0.2, 0.25) is 0 Å². The van der Waals surface area contributed by atoms with E-state index in [9.17, 15) is 14.4 Å². The van der Waals surface area contributed by atoms with E-state index in [1.165, 1.54) is 30.1 Å². The van der Waals surface area contributed by atoms with Gasteiger partial charge >= 0.3 is 18.2 Å². The van der Waals surface area contributed by atoms with Gasteiger partial charge in [-0.25, -0.2) is 14.4 Å². The average molecular weight is 526 g/mol. The number of rotatable bonds is 7. The number of aromatic nitrogens is 2. The molecule has 0 aliphatic carbocycles. The minimum atomic E-state index is -0.693. The fraction of sp³-hybridized carbons (Fsp3) is 0.429. The second-order valence-electron chi connectivity index (χ2n) is 10.8. The van der Waals surface area contributed by atoms with Gasteiger partial charge in [0.1, 0.15) is 23.6 Å². The standard InChI is InChI=1S/C28H35N3O7/c1-27(2,3)37-25(33)30-20(17-36-21-13-18(14-29-15-21)24(32)35-7)12-19-16-31(26(34)38-28(4,5)6)23-11-9-8-10-22(19)23/h8-11,13-16,20H,12,17H2,1-7H3,(H,30,33). The number of esters is 1. The van der Waals surface area contributed by atoms with Crippen molar-refractivity contribution < 1.29 is 33.3 Å². The monoisotopic (exact) mass is 525 g/mol. The molecule has 38 heavy (non-hydrogen) atoms. The van der Waals surface area contributed by atoms with Crippen LogP contribution in [-0.2, 0) is 20.6 Å². The molecule has 204 valence electrons.